The van der Waals surface area contributed by atoms with Crippen LogP contribution in [0, 0.1) is 5.82 Å². The van der Waals surface area contributed by atoms with Crippen LogP contribution in [-0.4, -0.2) is 57.0 Å². The SMILES string of the molecule is O=S(=O)(c1ccc(Cl)s1)N1CCN(CCOc2ccc(F)cc2)CC1. The fourth-order valence-electron chi connectivity index (χ4n) is 2.58. The predicted molar refractivity (Wildman–Crippen MR) is 96.4 cm³/mol. The molecule has 0 bridgehead atoms. The first-order valence-corrected chi connectivity index (χ1v) is 10.4. The van der Waals surface area contributed by atoms with Crippen molar-refractivity contribution < 1.29 is 17.5 Å². The maximum Gasteiger partial charge on any atom is 0.252 e. The summed E-state index contributed by atoms with van der Waals surface area (Å²) in [5, 5.41) is 0. The third-order valence-electron chi connectivity index (χ3n) is 3.96. The van der Waals surface area contributed by atoms with E-state index in [1.807, 2.05) is 0 Å². The third kappa shape index (κ3) is 4.71. The van der Waals surface area contributed by atoms with Crippen LogP contribution in [0.15, 0.2) is 40.6 Å². The van der Waals surface area contributed by atoms with E-state index in [0.29, 0.717) is 49.4 Å². The van der Waals surface area contributed by atoms with Crippen LogP contribution in [0.4, 0.5) is 4.39 Å². The van der Waals surface area contributed by atoms with Gasteiger partial charge in [-0.3, -0.25) is 4.90 Å². The Morgan fingerprint density at radius 2 is 1.76 bits per heavy atom. The van der Waals surface area contributed by atoms with Gasteiger partial charge in [0.2, 0.25) is 0 Å². The number of ether oxygens (including phenoxy) is 1. The topological polar surface area (TPSA) is 49.9 Å². The number of sulfonamides is 1. The number of hydrogen-bond acceptors (Lipinski definition) is 5. The number of nitrogens with zero attached hydrogens (tertiary/aromatic N) is 2. The summed E-state index contributed by atoms with van der Waals surface area (Å²) in [5.74, 6) is 0.328. The van der Waals surface area contributed by atoms with Crippen molar-refractivity contribution in [3.63, 3.8) is 0 Å². The summed E-state index contributed by atoms with van der Waals surface area (Å²) in [6.07, 6.45) is 0. The van der Waals surface area contributed by atoms with Crippen LogP contribution in [0.3, 0.4) is 0 Å². The highest BCUT2D eigenvalue weighted by atomic mass is 35.5. The first-order chi connectivity index (χ1) is 11.9. The van der Waals surface area contributed by atoms with Crippen LogP contribution in [0.5, 0.6) is 5.75 Å². The van der Waals surface area contributed by atoms with Crippen LogP contribution in [0.25, 0.3) is 0 Å². The smallest absolute Gasteiger partial charge is 0.252 e. The number of piperazine rings is 1. The van der Waals surface area contributed by atoms with Crippen molar-refractivity contribution in [3.05, 3.63) is 46.6 Å². The Morgan fingerprint density at radius 1 is 1.08 bits per heavy atom. The van der Waals surface area contributed by atoms with Gasteiger partial charge >= 0.3 is 0 Å². The Hall–Kier alpha value is -1.19. The molecule has 0 spiro atoms. The lowest BCUT2D eigenvalue weighted by molar-refractivity contribution is 0.159. The molecule has 1 aromatic heterocycles. The second-order valence-corrected chi connectivity index (χ2v) is 9.49. The molecule has 25 heavy (non-hydrogen) atoms. The molecule has 0 saturated carbocycles. The van der Waals surface area contributed by atoms with E-state index in [1.54, 1.807) is 24.3 Å². The van der Waals surface area contributed by atoms with E-state index in [-0.39, 0.29) is 10.0 Å². The van der Waals surface area contributed by atoms with E-state index in [2.05, 4.69) is 4.90 Å². The van der Waals surface area contributed by atoms with Gasteiger partial charge < -0.3 is 4.74 Å². The lowest BCUT2D eigenvalue weighted by Gasteiger charge is -2.33. The van der Waals surface area contributed by atoms with Crippen molar-refractivity contribution in [2.24, 2.45) is 0 Å². The summed E-state index contributed by atoms with van der Waals surface area (Å²) in [5.41, 5.74) is 0. The zero-order valence-electron chi connectivity index (χ0n) is 13.4. The lowest BCUT2D eigenvalue weighted by atomic mass is 10.3. The molecule has 0 unspecified atom stereocenters. The monoisotopic (exact) mass is 404 g/mol. The molecule has 0 N–H and O–H groups in total. The van der Waals surface area contributed by atoms with Crippen molar-refractivity contribution >= 4 is 33.0 Å². The number of halogens is 2. The number of rotatable bonds is 6. The van der Waals surface area contributed by atoms with Gasteiger partial charge in [0.1, 0.15) is 22.4 Å². The highest BCUT2D eigenvalue weighted by molar-refractivity contribution is 7.91. The average Bonchev–Trinajstić information content (AvgIpc) is 3.04. The summed E-state index contributed by atoms with van der Waals surface area (Å²) in [6, 6.07) is 9.04. The first kappa shape index (κ1) is 18.6. The molecule has 3 rings (SSSR count). The molecular formula is C16H18ClFN2O3S2. The van der Waals surface area contributed by atoms with Gasteiger partial charge in [0, 0.05) is 32.7 Å². The van der Waals surface area contributed by atoms with Gasteiger partial charge in [-0.1, -0.05) is 11.6 Å². The minimum atomic E-state index is -3.46. The quantitative estimate of drug-likeness (QED) is 0.742. The van der Waals surface area contributed by atoms with Crippen molar-refractivity contribution in [1.82, 2.24) is 9.21 Å². The highest BCUT2D eigenvalue weighted by Gasteiger charge is 2.29. The van der Waals surface area contributed by atoms with Crippen molar-refractivity contribution in [1.29, 1.82) is 0 Å². The molecule has 0 atom stereocenters. The van der Waals surface area contributed by atoms with Crippen LogP contribution in [0.1, 0.15) is 0 Å². The predicted octanol–water partition coefficient (Wildman–Crippen LogP) is 2.93. The number of benzene rings is 1. The van der Waals surface area contributed by atoms with Gasteiger partial charge in [0.15, 0.2) is 0 Å². The maximum atomic E-state index is 12.8. The molecule has 2 heterocycles. The van der Waals surface area contributed by atoms with Crippen LogP contribution in [0.2, 0.25) is 4.34 Å². The largest absolute Gasteiger partial charge is 0.492 e. The third-order valence-corrected chi connectivity index (χ3v) is 7.56. The second-order valence-electron chi connectivity index (χ2n) is 5.61. The summed E-state index contributed by atoms with van der Waals surface area (Å²) >= 11 is 6.91. The minimum absolute atomic E-state index is 0.283. The molecular weight excluding hydrogens is 387 g/mol. The zero-order valence-corrected chi connectivity index (χ0v) is 15.8. The highest BCUT2D eigenvalue weighted by Crippen LogP contribution is 2.28. The molecule has 9 heteroatoms. The molecule has 0 radical (unpaired) electrons. The Bertz CT molecular complexity index is 803. The standard InChI is InChI=1S/C16H18ClFN2O3S2/c17-15-5-6-16(24-15)25(21,22)20-9-7-19(8-10-20)11-12-23-14-3-1-13(18)2-4-14/h1-6H,7-12H2. The van der Waals surface area contributed by atoms with E-state index < -0.39 is 10.0 Å². The molecule has 0 amide bonds. The van der Waals surface area contributed by atoms with E-state index in [1.165, 1.54) is 16.4 Å². The number of hydrogen-bond donors (Lipinski definition) is 0. The van der Waals surface area contributed by atoms with Crippen LogP contribution >= 0.6 is 22.9 Å². The van der Waals surface area contributed by atoms with E-state index >= 15 is 0 Å². The average molecular weight is 405 g/mol. The van der Waals surface area contributed by atoms with E-state index in [4.69, 9.17) is 16.3 Å². The molecule has 1 saturated heterocycles. The molecule has 5 nitrogen and oxygen atoms in total. The second kappa shape index (κ2) is 8.01. The fourth-order valence-corrected chi connectivity index (χ4v) is 5.64. The summed E-state index contributed by atoms with van der Waals surface area (Å²) in [6.45, 7) is 3.33. The first-order valence-electron chi connectivity index (χ1n) is 7.81. The van der Waals surface area contributed by atoms with Gasteiger partial charge in [-0.15, -0.1) is 11.3 Å². The maximum absolute atomic E-state index is 12.8. The van der Waals surface area contributed by atoms with E-state index in [0.717, 1.165) is 11.3 Å². The molecule has 1 aliphatic heterocycles. The summed E-state index contributed by atoms with van der Waals surface area (Å²) in [4.78, 5) is 2.15. The van der Waals surface area contributed by atoms with Crippen LogP contribution in [-0.2, 0) is 10.0 Å². The van der Waals surface area contributed by atoms with Gasteiger partial charge in [-0.2, -0.15) is 4.31 Å². The summed E-state index contributed by atoms with van der Waals surface area (Å²) < 4.78 is 45.7. The number of thiophene rings is 1. The normalized spacial score (nSPS) is 16.9. The molecule has 1 aromatic carbocycles. The van der Waals surface area contributed by atoms with Crippen molar-refractivity contribution in [3.8, 4) is 5.75 Å². The zero-order chi connectivity index (χ0) is 17.9. The Morgan fingerprint density at radius 3 is 2.36 bits per heavy atom. The van der Waals surface area contributed by atoms with E-state index in [9.17, 15) is 12.8 Å². The lowest BCUT2D eigenvalue weighted by Crippen LogP contribution is -2.49. The molecule has 1 aliphatic rings. The van der Waals surface area contributed by atoms with Crippen molar-refractivity contribution in [2.75, 3.05) is 39.3 Å². The van der Waals surface area contributed by atoms with Gasteiger partial charge in [0.25, 0.3) is 10.0 Å². The fraction of sp³-hybridized carbons (Fsp3) is 0.375. The van der Waals surface area contributed by atoms with Gasteiger partial charge in [-0.05, 0) is 36.4 Å². The Labute approximate surface area is 155 Å². The molecule has 2 aromatic rings. The minimum Gasteiger partial charge on any atom is -0.492 e. The Balaban J connectivity index is 1.46. The molecule has 0 aliphatic carbocycles. The van der Waals surface area contributed by atoms with Gasteiger partial charge in [-0.25, -0.2) is 12.8 Å². The van der Waals surface area contributed by atoms with Gasteiger partial charge in [0.05, 0.1) is 4.34 Å². The molecule has 1 fully saturated rings. The van der Waals surface area contributed by atoms with Crippen molar-refractivity contribution in [2.45, 2.75) is 4.21 Å². The molecule has 136 valence electrons. The Kier molecular flexibility index (Phi) is 5.96. The van der Waals surface area contributed by atoms with Crippen LogP contribution < -0.4 is 4.74 Å². The summed E-state index contributed by atoms with van der Waals surface area (Å²) in [7, 11) is -3.46.